The molecule has 1 fully saturated rings. The van der Waals surface area contributed by atoms with Gasteiger partial charge in [-0.25, -0.2) is 22.8 Å². The monoisotopic (exact) mass is 658 g/mol. The minimum Gasteiger partial charge on any atom is -0.325 e. The van der Waals surface area contributed by atoms with Crippen LogP contribution >= 0.6 is 34.7 Å². The maximum absolute atomic E-state index is 13.8. The summed E-state index contributed by atoms with van der Waals surface area (Å²) in [6, 6.07) is 17.0. The number of hydrogen-bond donors (Lipinski definition) is 2. The third-order valence-electron chi connectivity index (χ3n) is 7.13. The average Bonchev–Trinajstić information content (AvgIpc) is 3.40. The smallest absolute Gasteiger partial charge is 0.308 e. The third-order valence-corrected chi connectivity index (χ3v) is 10.9. The molecule has 2 aliphatic rings. The molecule has 3 aromatic carbocycles. The van der Waals surface area contributed by atoms with Crippen molar-refractivity contribution >= 4 is 73.8 Å². The Bertz CT molecular complexity index is 1940. The Morgan fingerprint density at radius 3 is 2.23 bits per heavy atom. The van der Waals surface area contributed by atoms with Crippen molar-refractivity contribution in [3.63, 3.8) is 0 Å². The summed E-state index contributed by atoms with van der Waals surface area (Å²) in [4.78, 5) is 54.8. The van der Waals surface area contributed by atoms with Crippen LogP contribution in [0, 0.1) is 11.7 Å². The number of carbonyl (C=O) groups excluding carboxylic acids is 3. The van der Waals surface area contributed by atoms with E-state index in [1.807, 2.05) is 0 Å². The summed E-state index contributed by atoms with van der Waals surface area (Å²) in [5.41, 5.74) is 1.18. The lowest BCUT2D eigenvalue weighted by molar-refractivity contribution is -0.122. The molecule has 1 saturated heterocycles. The number of primary sulfonamides is 1. The highest BCUT2D eigenvalue weighted by Crippen LogP contribution is 2.54. The van der Waals surface area contributed by atoms with Crippen molar-refractivity contribution in [2.24, 2.45) is 11.1 Å². The van der Waals surface area contributed by atoms with Crippen LogP contribution in [0.2, 0.25) is 5.02 Å². The summed E-state index contributed by atoms with van der Waals surface area (Å²) < 4.78 is 37.9. The Hall–Kier alpha value is -3.82. The Balaban J connectivity index is 1.36. The Morgan fingerprint density at radius 2 is 1.60 bits per heavy atom. The Kier molecular flexibility index (Phi) is 7.50. The van der Waals surface area contributed by atoms with E-state index in [2.05, 4.69) is 5.32 Å². The molecule has 1 aromatic heterocycles. The fourth-order valence-electron chi connectivity index (χ4n) is 5.20. The van der Waals surface area contributed by atoms with Gasteiger partial charge >= 0.3 is 4.87 Å². The van der Waals surface area contributed by atoms with Gasteiger partial charge in [0.15, 0.2) is 0 Å². The molecule has 220 valence electrons. The first-order valence-corrected chi connectivity index (χ1v) is 16.3. The average molecular weight is 659 g/mol. The molecule has 6 rings (SSSR count). The fraction of sp³-hybridized carbons (Fsp3) is 0.143. The van der Waals surface area contributed by atoms with Crippen molar-refractivity contribution in [1.82, 2.24) is 4.57 Å². The number of carbonyl (C=O) groups is 3. The highest BCUT2D eigenvalue weighted by molar-refractivity contribution is 8.00. The van der Waals surface area contributed by atoms with Crippen molar-refractivity contribution in [2.45, 2.75) is 27.6 Å². The number of imide groups is 1. The number of halogens is 2. The van der Waals surface area contributed by atoms with Crippen LogP contribution in [0.4, 0.5) is 15.8 Å². The van der Waals surface area contributed by atoms with E-state index >= 15 is 0 Å². The fourth-order valence-corrected chi connectivity index (χ4v) is 8.62. The first kappa shape index (κ1) is 29.3. The lowest BCUT2D eigenvalue weighted by Gasteiger charge is -2.30. The number of nitrogens with two attached hydrogens (primary N) is 1. The lowest BCUT2D eigenvalue weighted by atomic mass is 9.83. The molecule has 0 radical (unpaired) electrons. The van der Waals surface area contributed by atoms with Gasteiger partial charge < -0.3 is 5.32 Å². The summed E-state index contributed by atoms with van der Waals surface area (Å²) in [6.07, 6.45) is 0. The predicted molar refractivity (Wildman–Crippen MR) is 160 cm³/mol. The van der Waals surface area contributed by atoms with Crippen LogP contribution in [0.5, 0.6) is 0 Å². The molecule has 3 atom stereocenters. The van der Waals surface area contributed by atoms with E-state index in [1.165, 1.54) is 41.0 Å². The zero-order chi connectivity index (χ0) is 30.6. The topological polar surface area (TPSA) is 149 Å². The van der Waals surface area contributed by atoms with Crippen LogP contribution in [-0.4, -0.2) is 36.0 Å². The van der Waals surface area contributed by atoms with Gasteiger partial charge in [-0.3, -0.25) is 23.7 Å². The van der Waals surface area contributed by atoms with Crippen molar-refractivity contribution in [3.05, 3.63) is 104 Å². The summed E-state index contributed by atoms with van der Waals surface area (Å²) in [5, 5.41) is 7.68. The standard InChI is InChI=1S/C28H20ClFN4O6S3/c29-15-3-1-14(2-4-15)21-22-23(26(37)34(25(22)36)18-9-5-16(30)6-10-18)41-27-24(21)42-28(38)33(27)13-20(35)32-17-7-11-19(12-8-17)43(31,39)40/h1-12,21-23H,13H2,(H,32,35)(H2,31,39,40)/t21-,22?,23?/m1/s1. The van der Waals surface area contributed by atoms with Crippen LogP contribution < -0.4 is 20.2 Å². The minimum absolute atomic E-state index is 0.127. The number of anilines is 2. The molecule has 0 bridgehead atoms. The number of nitrogens with zero attached hydrogens (tertiary/aromatic N) is 2. The molecule has 3 N–H and O–H groups in total. The number of hydrogen-bond acceptors (Lipinski definition) is 8. The number of sulfonamides is 1. The molecule has 3 heterocycles. The van der Waals surface area contributed by atoms with Gasteiger partial charge in [-0.2, -0.15) is 0 Å². The van der Waals surface area contributed by atoms with Crippen LogP contribution in [0.3, 0.4) is 0 Å². The second-order valence-corrected chi connectivity index (χ2v) is 13.9. The molecule has 2 aliphatic heterocycles. The van der Waals surface area contributed by atoms with Gasteiger partial charge in [-0.15, -0.1) is 0 Å². The largest absolute Gasteiger partial charge is 0.325 e. The molecule has 0 saturated carbocycles. The van der Waals surface area contributed by atoms with Crippen molar-refractivity contribution in [3.8, 4) is 0 Å². The molecule has 0 spiro atoms. The molecular weight excluding hydrogens is 639 g/mol. The molecule has 43 heavy (non-hydrogen) atoms. The van der Waals surface area contributed by atoms with Crippen LogP contribution in [0.1, 0.15) is 16.4 Å². The van der Waals surface area contributed by atoms with Crippen LogP contribution in [0.25, 0.3) is 0 Å². The highest BCUT2D eigenvalue weighted by atomic mass is 35.5. The minimum atomic E-state index is -3.91. The maximum atomic E-state index is 13.8. The highest BCUT2D eigenvalue weighted by Gasteiger charge is 2.56. The van der Waals surface area contributed by atoms with Crippen LogP contribution in [0.15, 0.2) is 87.5 Å². The van der Waals surface area contributed by atoms with Gasteiger partial charge in [-0.05, 0) is 66.2 Å². The normalized spacial score (nSPS) is 19.7. The van der Waals surface area contributed by atoms with E-state index in [-0.39, 0.29) is 16.3 Å². The number of benzene rings is 3. The van der Waals surface area contributed by atoms with Crippen molar-refractivity contribution < 1.29 is 27.2 Å². The molecule has 15 heteroatoms. The number of fused-ring (bicyclic) bond motifs is 2. The van der Waals surface area contributed by atoms with Crippen molar-refractivity contribution in [1.29, 1.82) is 0 Å². The number of amides is 3. The quantitative estimate of drug-likeness (QED) is 0.300. The van der Waals surface area contributed by atoms with E-state index < -0.39 is 62.1 Å². The van der Waals surface area contributed by atoms with Gasteiger partial charge in [0.2, 0.25) is 27.7 Å². The van der Waals surface area contributed by atoms with E-state index in [9.17, 15) is 32.0 Å². The second kappa shape index (κ2) is 11.0. The van der Waals surface area contributed by atoms with Crippen LogP contribution in [-0.2, 0) is 31.0 Å². The molecular formula is C28H20ClFN4O6S3. The number of aromatic nitrogens is 1. The van der Waals surface area contributed by atoms with Gasteiger partial charge in [0.05, 0.1) is 21.5 Å². The van der Waals surface area contributed by atoms with Crippen molar-refractivity contribution in [2.75, 3.05) is 10.2 Å². The molecule has 10 nitrogen and oxygen atoms in total. The number of thiazole rings is 1. The first-order chi connectivity index (χ1) is 20.4. The lowest BCUT2D eigenvalue weighted by Crippen LogP contribution is -2.33. The molecule has 2 unspecified atom stereocenters. The van der Waals surface area contributed by atoms with Gasteiger partial charge in [0.1, 0.15) is 17.6 Å². The summed E-state index contributed by atoms with van der Waals surface area (Å²) in [6.45, 7) is -0.400. The molecule has 0 aliphatic carbocycles. The van der Waals surface area contributed by atoms with E-state index in [1.54, 1.807) is 24.3 Å². The second-order valence-electron chi connectivity index (χ2n) is 9.82. The van der Waals surface area contributed by atoms with E-state index in [0.717, 1.165) is 40.1 Å². The summed E-state index contributed by atoms with van der Waals surface area (Å²) in [5.74, 6) is -3.63. The zero-order valence-corrected chi connectivity index (χ0v) is 25.0. The van der Waals surface area contributed by atoms with Gasteiger partial charge in [0.25, 0.3) is 0 Å². The van der Waals surface area contributed by atoms with Gasteiger partial charge in [0, 0.05) is 21.5 Å². The molecule has 3 amide bonds. The zero-order valence-electron chi connectivity index (χ0n) is 21.8. The number of thioether (sulfide) groups is 1. The van der Waals surface area contributed by atoms with Gasteiger partial charge in [-0.1, -0.05) is 46.8 Å². The molecule has 4 aromatic rings. The van der Waals surface area contributed by atoms with E-state index in [4.69, 9.17) is 16.7 Å². The first-order valence-electron chi connectivity index (χ1n) is 12.6. The summed E-state index contributed by atoms with van der Waals surface area (Å²) >= 11 is 8.05. The van der Waals surface area contributed by atoms with E-state index in [0.29, 0.717) is 20.5 Å². The Morgan fingerprint density at radius 1 is 0.953 bits per heavy atom. The third kappa shape index (κ3) is 5.40. The number of rotatable bonds is 6. The SMILES string of the molecule is NS(=O)(=O)c1ccc(NC(=O)Cn2c3c(sc2=O)[C@H](c2ccc(Cl)cc2)C2C(=O)N(c4ccc(F)cc4)C(=O)C2S3)cc1. The maximum Gasteiger partial charge on any atom is 0.308 e. The predicted octanol–water partition coefficient (Wildman–Crippen LogP) is 3.78. The summed E-state index contributed by atoms with van der Waals surface area (Å²) in [7, 11) is -3.91. The Labute approximate surface area is 257 Å². The number of nitrogens with one attached hydrogen (secondary N) is 1.